The van der Waals surface area contributed by atoms with Gasteiger partial charge in [0.2, 0.25) is 0 Å². The van der Waals surface area contributed by atoms with Gasteiger partial charge in [0.25, 0.3) is 0 Å². The number of esters is 1. The van der Waals surface area contributed by atoms with Gasteiger partial charge in [-0.15, -0.1) is 32.9 Å². The Kier molecular flexibility index (Phi) is 7.02. The fraction of sp³-hybridized carbons (Fsp3) is 0.423. The first-order valence-corrected chi connectivity index (χ1v) is 14.6. The highest BCUT2D eigenvalue weighted by Gasteiger charge is 2.39. The van der Waals surface area contributed by atoms with Gasteiger partial charge in [0.05, 0.1) is 22.1 Å². The summed E-state index contributed by atoms with van der Waals surface area (Å²) >= 11 is 4.28. The number of carbonyl (C=O) groups excluding carboxylic acids is 2. The zero-order valence-corrected chi connectivity index (χ0v) is 23.2. The Morgan fingerprint density at radius 1 is 1.22 bits per heavy atom. The summed E-state index contributed by atoms with van der Waals surface area (Å²) in [6, 6.07) is 2.04. The largest absolute Gasteiger partial charge is 0.462 e. The third-order valence-electron chi connectivity index (χ3n) is 6.61. The summed E-state index contributed by atoms with van der Waals surface area (Å²) in [7, 11) is 0. The van der Waals surface area contributed by atoms with Crippen LogP contribution in [0.1, 0.15) is 80.4 Å². The van der Waals surface area contributed by atoms with Gasteiger partial charge < -0.3 is 9.30 Å². The predicted molar refractivity (Wildman–Crippen MR) is 146 cm³/mol. The average Bonchev–Trinajstić information content (AvgIpc) is 3.59. The fourth-order valence-electron chi connectivity index (χ4n) is 4.85. The van der Waals surface area contributed by atoms with Crippen molar-refractivity contribution in [3.63, 3.8) is 0 Å². The standard InChI is InChI=1S/C26H28N4O3S3/c1-5-19-28-29-24(36-19)21-22(31)18(34-23(21)27)12-15-11-13(3)30(14(15)4)25-20(26(32)33-6-2)16-9-7-8-10-17(16)35-25/h11-12,21,27H,5-10H2,1-4H3/b18-12-,27-23?/t21-/m0/s1. The van der Waals surface area contributed by atoms with Gasteiger partial charge >= 0.3 is 5.97 Å². The summed E-state index contributed by atoms with van der Waals surface area (Å²) in [5.41, 5.74) is 4.67. The number of hydrogen-bond donors (Lipinski definition) is 1. The molecule has 3 aromatic rings. The van der Waals surface area contributed by atoms with Crippen LogP contribution in [0.3, 0.4) is 0 Å². The van der Waals surface area contributed by atoms with Crippen LogP contribution in [0.2, 0.25) is 0 Å². The number of ketones is 1. The van der Waals surface area contributed by atoms with Gasteiger partial charge in [0.1, 0.15) is 20.9 Å². The van der Waals surface area contributed by atoms with Crippen molar-refractivity contribution in [3.05, 3.63) is 53.9 Å². The molecule has 0 amide bonds. The highest BCUT2D eigenvalue weighted by atomic mass is 32.2. The van der Waals surface area contributed by atoms with Crippen LogP contribution in [0.25, 0.3) is 11.1 Å². The number of Topliss-reactive ketones (excluding diaryl/α,β-unsaturated/α-hetero) is 1. The van der Waals surface area contributed by atoms with Crippen molar-refractivity contribution in [2.24, 2.45) is 0 Å². The lowest BCUT2D eigenvalue weighted by Crippen LogP contribution is -2.12. The monoisotopic (exact) mass is 540 g/mol. The first-order chi connectivity index (χ1) is 17.3. The highest BCUT2D eigenvalue weighted by molar-refractivity contribution is 8.19. The first-order valence-electron chi connectivity index (χ1n) is 12.2. The number of carbonyl (C=O) groups is 2. The van der Waals surface area contributed by atoms with Crippen LogP contribution in [-0.4, -0.2) is 38.2 Å². The zero-order valence-electron chi connectivity index (χ0n) is 20.8. The maximum absolute atomic E-state index is 13.3. The molecule has 188 valence electrons. The third kappa shape index (κ3) is 4.29. The summed E-state index contributed by atoms with van der Waals surface area (Å²) in [6.07, 6.45) is 6.74. The van der Waals surface area contributed by atoms with E-state index in [9.17, 15) is 9.59 Å². The minimum absolute atomic E-state index is 0.104. The summed E-state index contributed by atoms with van der Waals surface area (Å²) in [5.74, 6) is -1.03. The smallest absolute Gasteiger partial charge is 0.341 e. The molecule has 1 saturated heterocycles. The summed E-state index contributed by atoms with van der Waals surface area (Å²) in [5, 5.41) is 19.4. The van der Waals surface area contributed by atoms with E-state index in [1.54, 1.807) is 11.3 Å². The lowest BCUT2D eigenvalue weighted by molar-refractivity contribution is -0.114. The van der Waals surface area contributed by atoms with E-state index < -0.39 is 5.92 Å². The molecule has 0 saturated carbocycles. The number of ether oxygens (including phenoxy) is 1. The van der Waals surface area contributed by atoms with E-state index in [1.807, 2.05) is 39.8 Å². The minimum Gasteiger partial charge on any atom is -0.462 e. The van der Waals surface area contributed by atoms with E-state index >= 15 is 0 Å². The normalized spacial score (nSPS) is 18.8. The summed E-state index contributed by atoms with van der Waals surface area (Å²) in [6.45, 7) is 8.20. The van der Waals surface area contributed by atoms with Crippen LogP contribution in [-0.2, 0) is 28.8 Å². The predicted octanol–water partition coefficient (Wildman–Crippen LogP) is 6.04. The Balaban J connectivity index is 1.54. The Hall–Kier alpha value is -2.56. The molecule has 1 atom stereocenters. The number of thiophene rings is 1. The molecule has 0 unspecified atom stereocenters. The average molecular weight is 541 g/mol. The summed E-state index contributed by atoms with van der Waals surface area (Å²) < 4.78 is 7.58. The van der Waals surface area contributed by atoms with Gasteiger partial charge in [-0.2, -0.15) is 0 Å². The molecule has 1 aliphatic carbocycles. The number of hydrogen-bond acceptors (Lipinski definition) is 9. The molecule has 1 fully saturated rings. The van der Waals surface area contributed by atoms with Gasteiger partial charge in [-0.05, 0) is 76.1 Å². The fourth-order valence-corrected chi connectivity index (χ4v) is 8.28. The molecule has 2 aliphatic rings. The number of thioether (sulfide) groups is 1. The molecule has 0 radical (unpaired) electrons. The lowest BCUT2D eigenvalue weighted by atomic mass is 9.95. The van der Waals surface area contributed by atoms with E-state index in [2.05, 4.69) is 14.8 Å². The Morgan fingerprint density at radius 3 is 2.72 bits per heavy atom. The number of nitrogens with one attached hydrogen (secondary N) is 1. The van der Waals surface area contributed by atoms with Crippen LogP contribution in [0.5, 0.6) is 0 Å². The van der Waals surface area contributed by atoms with Crippen molar-refractivity contribution in [2.45, 2.75) is 65.7 Å². The molecular weight excluding hydrogens is 513 g/mol. The number of allylic oxidation sites excluding steroid dienone is 1. The number of fused-ring (bicyclic) bond motifs is 1. The topological polar surface area (TPSA) is 97.9 Å². The van der Waals surface area contributed by atoms with Crippen molar-refractivity contribution in [3.8, 4) is 5.00 Å². The van der Waals surface area contributed by atoms with Gasteiger partial charge in [0.15, 0.2) is 5.78 Å². The maximum atomic E-state index is 13.3. The molecule has 0 aromatic carbocycles. The number of aromatic nitrogens is 3. The number of aryl methyl sites for hydroxylation is 3. The molecular formula is C26H28N4O3S3. The maximum Gasteiger partial charge on any atom is 0.341 e. The van der Waals surface area contributed by atoms with E-state index in [0.717, 1.165) is 64.6 Å². The van der Waals surface area contributed by atoms with Crippen molar-refractivity contribution >= 4 is 57.3 Å². The SMILES string of the molecule is CCOC(=O)c1c(-n2c(C)cc(/C=C3\SC(=N)[C@@H](c4nnc(CC)s4)C3=O)c2C)sc2c1CCCC2. The van der Waals surface area contributed by atoms with Crippen molar-refractivity contribution in [2.75, 3.05) is 6.61 Å². The van der Waals surface area contributed by atoms with Gasteiger partial charge in [0, 0.05) is 16.3 Å². The molecule has 5 rings (SSSR count). The van der Waals surface area contributed by atoms with E-state index in [0.29, 0.717) is 22.1 Å². The summed E-state index contributed by atoms with van der Waals surface area (Å²) in [4.78, 5) is 28.1. The second-order valence-corrected chi connectivity index (χ2v) is 12.2. The number of rotatable bonds is 6. The van der Waals surface area contributed by atoms with Crippen LogP contribution < -0.4 is 0 Å². The molecule has 4 heterocycles. The van der Waals surface area contributed by atoms with Crippen LogP contribution in [0.4, 0.5) is 0 Å². The van der Waals surface area contributed by atoms with E-state index in [-0.39, 0.29) is 16.8 Å². The van der Waals surface area contributed by atoms with Crippen LogP contribution in [0, 0.1) is 19.3 Å². The van der Waals surface area contributed by atoms with Crippen molar-refractivity contribution in [1.29, 1.82) is 5.41 Å². The van der Waals surface area contributed by atoms with Gasteiger partial charge in [-0.25, -0.2) is 4.79 Å². The molecule has 1 aliphatic heterocycles. The van der Waals surface area contributed by atoms with Crippen LogP contribution in [0.15, 0.2) is 11.0 Å². The Labute approximate surface area is 222 Å². The molecule has 10 heteroatoms. The van der Waals surface area contributed by atoms with Gasteiger partial charge in [-0.1, -0.05) is 18.7 Å². The minimum atomic E-state index is -0.665. The van der Waals surface area contributed by atoms with Crippen molar-refractivity contribution in [1.82, 2.24) is 14.8 Å². The van der Waals surface area contributed by atoms with Crippen LogP contribution >= 0.6 is 34.4 Å². The molecule has 0 spiro atoms. The van der Waals surface area contributed by atoms with E-state index in [1.165, 1.54) is 28.0 Å². The second-order valence-electron chi connectivity index (χ2n) is 8.93. The molecule has 0 bridgehead atoms. The Morgan fingerprint density at radius 2 is 2.00 bits per heavy atom. The highest BCUT2D eigenvalue weighted by Crippen LogP contribution is 2.43. The molecule has 3 aromatic heterocycles. The van der Waals surface area contributed by atoms with E-state index in [4.69, 9.17) is 10.1 Å². The second kappa shape index (κ2) is 10.1. The number of nitrogens with zero attached hydrogens (tertiary/aromatic N) is 3. The molecule has 1 N–H and O–H groups in total. The Bertz CT molecular complexity index is 1410. The quantitative estimate of drug-likeness (QED) is 0.302. The molecule has 36 heavy (non-hydrogen) atoms. The molecule has 7 nitrogen and oxygen atoms in total. The zero-order chi connectivity index (χ0) is 25.6. The van der Waals surface area contributed by atoms with Crippen molar-refractivity contribution < 1.29 is 14.3 Å². The third-order valence-corrected chi connectivity index (χ3v) is 10.0. The first kappa shape index (κ1) is 25.1. The lowest BCUT2D eigenvalue weighted by Gasteiger charge is -2.13. The van der Waals surface area contributed by atoms with Gasteiger partial charge in [-0.3, -0.25) is 10.2 Å².